The van der Waals surface area contributed by atoms with E-state index >= 15 is 0 Å². The molecule has 1 aromatic carbocycles. The lowest BCUT2D eigenvalue weighted by Gasteiger charge is -2.16. The second-order valence-electron chi connectivity index (χ2n) is 4.03. The Morgan fingerprint density at radius 2 is 1.58 bits per heavy atom. The van der Waals surface area contributed by atoms with Gasteiger partial charge in [0, 0.05) is 12.5 Å². The first-order valence-electron chi connectivity index (χ1n) is 5.19. The van der Waals surface area contributed by atoms with Crippen LogP contribution in [0.4, 0.5) is 30.7 Å². The van der Waals surface area contributed by atoms with Crippen molar-refractivity contribution in [1.29, 1.82) is 0 Å². The SMILES string of the molecule is N[C@H](CCC(F)(F)F)c1cc(F)cc(C(F)(F)F)c1. The van der Waals surface area contributed by atoms with Crippen LogP contribution in [0, 0.1) is 5.82 Å². The van der Waals surface area contributed by atoms with Crippen molar-refractivity contribution in [3.8, 4) is 0 Å². The summed E-state index contributed by atoms with van der Waals surface area (Å²) in [7, 11) is 0. The Morgan fingerprint density at radius 1 is 1.00 bits per heavy atom. The molecule has 0 spiro atoms. The number of hydrogen-bond acceptors (Lipinski definition) is 1. The highest BCUT2D eigenvalue weighted by Gasteiger charge is 2.32. The summed E-state index contributed by atoms with van der Waals surface area (Å²) in [5, 5.41) is 0. The third-order valence-corrected chi connectivity index (χ3v) is 2.41. The highest BCUT2D eigenvalue weighted by atomic mass is 19.4. The molecular weight excluding hydrogens is 279 g/mol. The average molecular weight is 289 g/mol. The maximum atomic E-state index is 13.0. The molecule has 1 aromatic rings. The van der Waals surface area contributed by atoms with E-state index in [2.05, 4.69) is 0 Å². The van der Waals surface area contributed by atoms with Crippen LogP contribution in [0.2, 0.25) is 0 Å². The predicted molar refractivity (Wildman–Crippen MR) is 53.6 cm³/mol. The molecule has 2 N–H and O–H groups in total. The molecule has 0 amide bonds. The van der Waals surface area contributed by atoms with Gasteiger partial charge in [0.15, 0.2) is 0 Å². The molecule has 0 saturated heterocycles. The molecular formula is C11H10F7N. The monoisotopic (exact) mass is 289 g/mol. The first-order chi connectivity index (χ1) is 8.49. The minimum atomic E-state index is -4.78. The van der Waals surface area contributed by atoms with Gasteiger partial charge in [-0.25, -0.2) is 4.39 Å². The lowest BCUT2D eigenvalue weighted by molar-refractivity contribution is -0.138. The molecule has 0 aliphatic rings. The quantitative estimate of drug-likeness (QED) is 0.830. The zero-order valence-electron chi connectivity index (χ0n) is 9.45. The largest absolute Gasteiger partial charge is 0.416 e. The lowest BCUT2D eigenvalue weighted by Crippen LogP contribution is -2.17. The number of hydrogen-bond donors (Lipinski definition) is 1. The minimum absolute atomic E-state index is 0.264. The maximum absolute atomic E-state index is 13.0. The van der Waals surface area contributed by atoms with Crippen LogP contribution in [0.1, 0.15) is 30.0 Å². The lowest BCUT2D eigenvalue weighted by atomic mass is 10.00. The van der Waals surface area contributed by atoms with Crippen LogP contribution in [0.15, 0.2) is 18.2 Å². The van der Waals surface area contributed by atoms with E-state index in [4.69, 9.17) is 5.73 Å². The Bertz CT molecular complexity index is 436. The molecule has 1 atom stereocenters. The van der Waals surface area contributed by atoms with Crippen molar-refractivity contribution in [3.63, 3.8) is 0 Å². The van der Waals surface area contributed by atoms with Crippen LogP contribution in [-0.4, -0.2) is 6.18 Å². The summed E-state index contributed by atoms with van der Waals surface area (Å²) in [6, 6.07) is 0.221. The number of rotatable bonds is 3. The number of halogens is 7. The summed E-state index contributed by atoms with van der Waals surface area (Å²) in [6.45, 7) is 0. The van der Waals surface area contributed by atoms with Gasteiger partial charge in [-0.1, -0.05) is 0 Å². The van der Waals surface area contributed by atoms with Crippen molar-refractivity contribution < 1.29 is 30.7 Å². The predicted octanol–water partition coefficient (Wildman–Crippen LogP) is 4.19. The summed E-state index contributed by atoms with van der Waals surface area (Å²) in [5.74, 6) is -1.19. The van der Waals surface area contributed by atoms with Crippen LogP contribution < -0.4 is 5.73 Å². The minimum Gasteiger partial charge on any atom is -0.324 e. The molecule has 0 heterocycles. The van der Waals surface area contributed by atoms with Crippen LogP contribution in [0.3, 0.4) is 0 Å². The molecule has 108 valence electrons. The highest BCUT2D eigenvalue weighted by molar-refractivity contribution is 5.28. The van der Waals surface area contributed by atoms with Crippen LogP contribution >= 0.6 is 0 Å². The number of nitrogens with two attached hydrogens (primary N) is 1. The number of benzene rings is 1. The summed E-state index contributed by atoms with van der Waals surface area (Å²) < 4.78 is 86.1. The Morgan fingerprint density at radius 3 is 2.05 bits per heavy atom. The van der Waals surface area contributed by atoms with E-state index in [1.807, 2.05) is 0 Å². The molecule has 0 aliphatic heterocycles. The van der Waals surface area contributed by atoms with E-state index < -0.39 is 42.6 Å². The average Bonchev–Trinajstić information content (AvgIpc) is 2.22. The summed E-state index contributed by atoms with van der Waals surface area (Å²) >= 11 is 0. The van der Waals surface area contributed by atoms with Crippen molar-refractivity contribution in [1.82, 2.24) is 0 Å². The third kappa shape index (κ3) is 5.06. The smallest absolute Gasteiger partial charge is 0.324 e. The molecule has 0 unspecified atom stereocenters. The van der Waals surface area contributed by atoms with Crippen LogP contribution in [0.5, 0.6) is 0 Å². The zero-order chi connectivity index (χ0) is 14.8. The van der Waals surface area contributed by atoms with Gasteiger partial charge in [-0.05, 0) is 30.2 Å². The normalized spacial score (nSPS) is 14.5. The molecule has 8 heteroatoms. The van der Waals surface area contributed by atoms with Crippen molar-refractivity contribution >= 4 is 0 Å². The Labute approximate surface area is 104 Å². The molecule has 0 aromatic heterocycles. The molecule has 0 saturated carbocycles. The van der Waals surface area contributed by atoms with E-state index in [-0.39, 0.29) is 11.6 Å². The fraction of sp³-hybridized carbons (Fsp3) is 0.455. The van der Waals surface area contributed by atoms with Gasteiger partial charge in [-0.15, -0.1) is 0 Å². The molecule has 0 bridgehead atoms. The Hall–Kier alpha value is -1.31. The topological polar surface area (TPSA) is 26.0 Å². The van der Waals surface area contributed by atoms with Crippen molar-refractivity contribution in [2.24, 2.45) is 5.73 Å². The van der Waals surface area contributed by atoms with Gasteiger partial charge < -0.3 is 5.73 Å². The summed E-state index contributed by atoms with van der Waals surface area (Å²) in [6.07, 6.45) is -11.1. The van der Waals surface area contributed by atoms with Gasteiger partial charge in [-0.2, -0.15) is 26.3 Å². The highest BCUT2D eigenvalue weighted by Crippen LogP contribution is 2.33. The first-order valence-corrected chi connectivity index (χ1v) is 5.19. The summed E-state index contributed by atoms with van der Waals surface area (Å²) in [4.78, 5) is 0. The van der Waals surface area contributed by atoms with E-state index in [9.17, 15) is 30.7 Å². The zero-order valence-corrected chi connectivity index (χ0v) is 9.45. The standard InChI is InChI=1S/C11H10F7N/c12-8-4-6(3-7(5-8)11(16,17)18)9(19)1-2-10(13,14)15/h3-5,9H,1-2,19H2/t9-/m1/s1. The van der Waals surface area contributed by atoms with E-state index in [1.165, 1.54) is 0 Å². The van der Waals surface area contributed by atoms with E-state index in [0.29, 0.717) is 12.1 Å². The van der Waals surface area contributed by atoms with Gasteiger partial charge in [0.1, 0.15) is 5.82 Å². The molecule has 1 rings (SSSR count). The van der Waals surface area contributed by atoms with Gasteiger partial charge in [0.25, 0.3) is 0 Å². The maximum Gasteiger partial charge on any atom is 0.416 e. The van der Waals surface area contributed by atoms with Gasteiger partial charge in [0.05, 0.1) is 5.56 Å². The third-order valence-electron chi connectivity index (χ3n) is 2.41. The fourth-order valence-electron chi connectivity index (χ4n) is 1.48. The second kappa shape index (κ2) is 5.36. The molecule has 1 nitrogen and oxygen atoms in total. The fourth-order valence-corrected chi connectivity index (χ4v) is 1.48. The van der Waals surface area contributed by atoms with Crippen molar-refractivity contribution in [2.45, 2.75) is 31.2 Å². The Balaban J connectivity index is 2.91. The van der Waals surface area contributed by atoms with Crippen molar-refractivity contribution in [3.05, 3.63) is 35.1 Å². The molecule has 0 fully saturated rings. The van der Waals surface area contributed by atoms with Crippen LogP contribution in [-0.2, 0) is 6.18 Å². The number of alkyl halides is 6. The first kappa shape index (κ1) is 15.7. The molecule has 19 heavy (non-hydrogen) atoms. The van der Waals surface area contributed by atoms with E-state index in [0.717, 1.165) is 0 Å². The van der Waals surface area contributed by atoms with Crippen LogP contribution in [0.25, 0.3) is 0 Å². The Kier molecular flexibility index (Phi) is 4.44. The van der Waals surface area contributed by atoms with E-state index in [1.54, 1.807) is 0 Å². The van der Waals surface area contributed by atoms with Gasteiger partial charge in [0.2, 0.25) is 0 Å². The van der Waals surface area contributed by atoms with Crippen molar-refractivity contribution in [2.75, 3.05) is 0 Å². The second-order valence-corrected chi connectivity index (χ2v) is 4.03. The van der Waals surface area contributed by atoms with Gasteiger partial charge >= 0.3 is 12.4 Å². The van der Waals surface area contributed by atoms with Gasteiger partial charge in [-0.3, -0.25) is 0 Å². The molecule has 0 aliphatic carbocycles. The summed E-state index contributed by atoms with van der Waals surface area (Å²) in [5.41, 5.74) is 3.77. The molecule has 0 radical (unpaired) electrons.